The molecule has 0 atom stereocenters. The van der Waals surface area contributed by atoms with Gasteiger partial charge in [-0.05, 0) is 36.6 Å². The quantitative estimate of drug-likeness (QED) is 0.802. The molecule has 1 aromatic carbocycles. The van der Waals surface area contributed by atoms with Crippen molar-refractivity contribution in [2.75, 3.05) is 26.7 Å². The molecule has 0 saturated heterocycles. The zero-order chi connectivity index (χ0) is 16.6. The highest BCUT2D eigenvalue weighted by molar-refractivity contribution is 5.77. The SMILES string of the molecule is CCCOc1cccc(CNC(=O)CN(C)CC(C)(C)C)c1. The Kier molecular flexibility index (Phi) is 7.39. The van der Waals surface area contributed by atoms with E-state index in [1.165, 1.54) is 0 Å². The van der Waals surface area contributed by atoms with Gasteiger partial charge in [-0.3, -0.25) is 9.69 Å². The lowest BCUT2D eigenvalue weighted by Gasteiger charge is -2.25. The Labute approximate surface area is 134 Å². The average molecular weight is 306 g/mol. The monoisotopic (exact) mass is 306 g/mol. The summed E-state index contributed by atoms with van der Waals surface area (Å²) in [6.45, 7) is 11.1. The Morgan fingerprint density at radius 1 is 1.32 bits per heavy atom. The van der Waals surface area contributed by atoms with E-state index < -0.39 is 0 Å². The molecule has 0 aliphatic carbocycles. The number of carbonyl (C=O) groups is 1. The van der Waals surface area contributed by atoms with Crippen LogP contribution in [0, 0.1) is 5.41 Å². The van der Waals surface area contributed by atoms with Crippen LogP contribution in [0.4, 0.5) is 0 Å². The van der Waals surface area contributed by atoms with Gasteiger partial charge in [0, 0.05) is 13.1 Å². The average Bonchev–Trinajstić information content (AvgIpc) is 2.41. The van der Waals surface area contributed by atoms with Gasteiger partial charge in [0.2, 0.25) is 5.91 Å². The van der Waals surface area contributed by atoms with Crippen molar-refractivity contribution >= 4 is 5.91 Å². The molecule has 0 heterocycles. The van der Waals surface area contributed by atoms with Gasteiger partial charge in [-0.2, -0.15) is 0 Å². The summed E-state index contributed by atoms with van der Waals surface area (Å²) < 4.78 is 5.60. The van der Waals surface area contributed by atoms with Crippen LogP contribution in [-0.4, -0.2) is 37.6 Å². The number of likely N-dealkylation sites (N-methyl/N-ethyl adjacent to an activating group) is 1. The number of benzene rings is 1. The summed E-state index contributed by atoms with van der Waals surface area (Å²) in [6, 6.07) is 7.88. The molecule has 0 unspecified atom stereocenters. The first-order valence-corrected chi connectivity index (χ1v) is 7.97. The Hall–Kier alpha value is -1.55. The molecule has 0 bridgehead atoms. The molecule has 0 aromatic heterocycles. The van der Waals surface area contributed by atoms with Crippen LogP contribution in [-0.2, 0) is 11.3 Å². The van der Waals surface area contributed by atoms with Gasteiger partial charge in [-0.25, -0.2) is 0 Å². The van der Waals surface area contributed by atoms with E-state index in [-0.39, 0.29) is 11.3 Å². The zero-order valence-corrected chi connectivity index (χ0v) is 14.6. The van der Waals surface area contributed by atoms with Crippen molar-refractivity contribution < 1.29 is 9.53 Å². The molecule has 22 heavy (non-hydrogen) atoms. The van der Waals surface area contributed by atoms with Gasteiger partial charge in [-0.1, -0.05) is 39.8 Å². The predicted octanol–water partition coefficient (Wildman–Crippen LogP) is 3.07. The summed E-state index contributed by atoms with van der Waals surface area (Å²) in [7, 11) is 1.98. The van der Waals surface area contributed by atoms with Crippen molar-refractivity contribution in [1.29, 1.82) is 0 Å². The first kappa shape index (κ1) is 18.5. The largest absolute Gasteiger partial charge is 0.494 e. The van der Waals surface area contributed by atoms with Crippen molar-refractivity contribution in [1.82, 2.24) is 10.2 Å². The second-order valence-corrected chi connectivity index (χ2v) is 7.01. The molecule has 1 aromatic rings. The Bertz CT molecular complexity index is 466. The molecule has 1 amide bonds. The minimum absolute atomic E-state index is 0.0478. The number of nitrogens with zero attached hydrogens (tertiary/aromatic N) is 1. The van der Waals surface area contributed by atoms with Crippen LogP contribution in [0.25, 0.3) is 0 Å². The highest BCUT2D eigenvalue weighted by Crippen LogP contribution is 2.14. The van der Waals surface area contributed by atoms with E-state index in [4.69, 9.17) is 4.74 Å². The Morgan fingerprint density at radius 2 is 2.05 bits per heavy atom. The lowest BCUT2D eigenvalue weighted by Crippen LogP contribution is -2.38. The maximum absolute atomic E-state index is 12.0. The molecule has 1 N–H and O–H groups in total. The van der Waals surface area contributed by atoms with Crippen LogP contribution in [0.15, 0.2) is 24.3 Å². The van der Waals surface area contributed by atoms with E-state index in [2.05, 4.69) is 37.9 Å². The molecular weight excluding hydrogens is 276 g/mol. The summed E-state index contributed by atoms with van der Waals surface area (Å²) in [5, 5.41) is 2.96. The van der Waals surface area contributed by atoms with Crippen molar-refractivity contribution in [3.8, 4) is 5.75 Å². The molecule has 0 saturated carbocycles. The number of hydrogen-bond donors (Lipinski definition) is 1. The predicted molar refractivity (Wildman–Crippen MR) is 91.0 cm³/mol. The summed E-state index contributed by atoms with van der Waals surface area (Å²) in [6.07, 6.45) is 0.987. The lowest BCUT2D eigenvalue weighted by atomic mass is 9.96. The van der Waals surface area contributed by atoms with Crippen LogP contribution < -0.4 is 10.1 Å². The number of hydrogen-bond acceptors (Lipinski definition) is 3. The fourth-order valence-electron chi connectivity index (χ4n) is 2.33. The van der Waals surface area contributed by atoms with Gasteiger partial charge < -0.3 is 10.1 Å². The number of amides is 1. The number of ether oxygens (including phenoxy) is 1. The number of rotatable bonds is 8. The van der Waals surface area contributed by atoms with Crippen molar-refractivity contribution in [2.45, 2.75) is 40.7 Å². The van der Waals surface area contributed by atoms with E-state index >= 15 is 0 Å². The van der Waals surface area contributed by atoms with E-state index in [1.54, 1.807) is 0 Å². The molecule has 124 valence electrons. The van der Waals surface area contributed by atoms with Gasteiger partial charge in [0.15, 0.2) is 0 Å². The second-order valence-electron chi connectivity index (χ2n) is 7.01. The van der Waals surface area contributed by atoms with Crippen LogP contribution in [0.3, 0.4) is 0 Å². The molecule has 0 aliphatic heterocycles. The zero-order valence-electron chi connectivity index (χ0n) is 14.6. The van der Waals surface area contributed by atoms with Crippen LogP contribution >= 0.6 is 0 Å². The van der Waals surface area contributed by atoms with Crippen molar-refractivity contribution in [3.05, 3.63) is 29.8 Å². The first-order chi connectivity index (χ1) is 10.3. The minimum Gasteiger partial charge on any atom is -0.494 e. The summed E-state index contributed by atoms with van der Waals surface area (Å²) in [4.78, 5) is 14.0. The van der Waals surface area contributed by atoms with Gasteiger partial charge in [0.25, 0.3) is 0 Å². The van der Waals surface area contributed by atoms with E-state index in [9.17, 15) is 4.79 Å². The van der Waals surface area contributed by atoms with E-state index in [0.29, 0.717) is 19.7 Å². The molecular formula is C18H30N2O2. The van der Waals surface area contributed by atoms with Gasteiger partial charge in [0.05, 0.1) is 13.2 Å². The van der Waals surface area contributed by atoms with Crippen molar-refractivity contribution in [3.63, 3.8) is 0 Å². The summed E-state index contributed by atoms with van der Waals surface area (Å²) >= 11 is 0. The smallest absolute Gasteiger partial charge is 0.234 e. The fourth-order valence-corrected chi connectivity index (χ4v) is 2.33. The van der Waals surface area contributed by atoms with Crippen LogP contribution in [0.2, 0.25) is 0 Å². The molecule has 0 fully saturated rings. The normalized spacial score (nSPS) is 11.5. The Morgan fingerprint density at radius 3 is 2.68 bits per heavy atom. The van der Waals surface area contributed by atoms with Gasteiger partial charge >= 0.3 is 0 Å². The summed E-state index contributed by atoms with van der Waals surface area (Å²) in [5.74, 6) is 0.907. The third kappa shape index (κ3) is 8.03. The van der Waals surface area contributed by atoms with Gasteiger partial charge in [-0.15, -0.1) is 0 Å². The van der Waals surface area contributed by atoms with Crippen LogP contribution in [0.5, 0.6) is 5.75 Å². The molecule has 0 spiro atoms. The fraction of sp³-hybridized carbons (Fsp3) is 0.611. The molecule has 4 heteroatoms. The molecule has 0 aliphatic rings. The third-order valence-electron chi connectivity index (χ3n) is 3.02. The maximum Gasteiger partial charge on any atom is 0.234 e. The lowest BCUT2D eigenvalue weighted by molar-refractivity contribution is -0.122. The molecule has 1 rings (SSSR count). The van der Waals surface area contributed by atoms with E-state index in [1.807, 2.05) is 31.3 Å². The molecule has 4 nitrogen and oxygen atoms in total. The molecule has 0 radical (unpaired) electrons. The second kappa shape index (κ2) is 8.79. The van der Waals surface area contributed by atoms with Gasteiger partial charge in [0.1, 0.15) is 5.75 Å². The van der Waals surface area contributed by atoms with E-state index in [0.717, 1.165) is 24.3 Å². The number of nitrogens with one attached hydrogen (secondary N) is 1. The topological polar surface area (TPSA) is 41.6 Å². The maximum atomic E-state index is 12.0. The minimum atomic E-state index is 0.0478. The standard InChI is InChI=1S/C18H30N2O2/c1-6-10-22-16-9-7-8-15(11-16)12-19-17(21)13-20(5)14-18(2,3)4/h7-9,11H,6,10,12-14H2,1-5H3,(H,19,21). The van der Waals surface area contributed by atoms with Crippen molar-refractivity contribution in [2.24, 2.45) is 5.41 Å². The van der Waals surface area contributed by atoms with Crippen LogP contribution in [0.1, 0.15) is 39.7 Å². The third-order valence-corrected chi connectivity index (χ3v) is 3.02. The highest BCUT2D eigenvalue weighted by atomic mass is 16.5. The number of carbonyl (C=O) groups excluding carboxylic acids is 1. The summed E-state index contributed by atoms with van der Waals surface area (Å²) in [5.41, 5.74) is 1.25. The highest BCUT2D eigenvalue weighted by Gasteiger charge is 2.15. The first-order valence-electron chi connectivity index (χ1n) is 7.97. The Balaban J connectivity index is 2.40.